The number of amides is 3. The van der Waals surface area contributed by atoms with E-state index in [9.17, 15) is 31.9 Å². The van der Waals surface area contributed by atoms with Crippen molar-refractivity contribution in [2.45, 2.75) is 39.0 Å². The summed E-state index contributed by atoms with van der Waals surface area (Å²) in [7, 11) is 0. The molecule has 44 heavy (non-hydrogen) atoms. The summed E-state index contributed by atoms with van der Waals surface area (Å²) >= 11 is 0. The fourth-order valence-corrected chi connectivity index (χ4v) is 4.85. The molecule has 0 saturated carbocycles. The monoisotopic (exact) mass is 613 g/mol. The molecular weight excluding hydrogens is 578 g/mol. The summed E-state index contributed by atoms with van der Waals surface area (Å²) in [5.74, 6) is -2.30. The Morgan fingerprint density at radius 1 is 0.818 bits per heavy atom. The molecule has 0 spiro atoms. The summed E-state index contributed by atoms with van der Waals surface area (Å²) in [6.45, 7) is 5.13. The van der Waals surface area contributed by atoms with Gasteiger partial charge in [0.25, 0.3) is 5.91 Å². The number of piperazine rings is 1. The number of carbonyl (C=O) groups excluding carboxylic acids is 3. The van der Waals surface area contributed by atoms with E-state index >= 15 is 0 Å². The first-order valence-electron chi connectivity index (χ1n) is 14.3. The Kier molecular flexibility index (Phi) is 9.96. The van der Waals surface area contributed by atoms with Crippen molar-refractivity contribution in [1.29, 1.82) is 0 Å². The van der Waals surface area contributed by atoms with Crippen LogP contribution in [0.1, 0.15) is 42.3 Å². The average Bonchev–Trinajstić information content (AvgIpc) is 2.98. The van der Waals surface area contributed by atoms with Gasteiger partial charge in [0.05, 0.1) is 11.1 Å². The van der Waals surface area contributed by atoms with Crippen LogP contribution in [0, 0.1) is 5.82 Å². The summed E-state index contributed by atoms with van der Waals surface area (Å²) in [4.78, 5) is 43.1. The van der Waals surface area contributed by atoms with Crippen molar-refractivity contribution >= 4 is 17.9 Å². The second-order valence-corrected chi connectivity index (χ2v) is 11.6. The maximum atomic E-state index is 13.7. The molecule has 1 heterocycles. The van der Waals surface area contributed by atoms with Gasteiger partial charge in [-0.15, -0.1) is 0 Å². The first-order chi connectivity index (χ1) is 20.7. The highest BCUT2D eigenvalue weighted by atomic mass is 19.4. The van der Waals surface area contributed by atoms with Gasteiger partial charge in [0.2, 0.25) is 5.91 Å². The Balaban J connectivity index is 1.39. The smallest absolute Gasteiger partial charge is 0.417 e. The van der Waals surface area contributed by atoms with E-state index in [4.69, 9.17) is 4.74 Å². The number of rotatable bonds is 7. The summed E-state index contributed by atoms with van der Waals surface area (Å²) in [5, 5.41) is 0. The summed E-state index contributed by atoms with van der Waals surface area (Å²) in [5.41, 5.74) is 0.328. The van der Waals surface area contributed by atoms with Gasteiger partial charge < -0.3 is 14.5 Å². The lowest BCUT2D eigenvalue weighted by molar-refractivity contribution is -0.138. The number of nitrogens with zero attached hydrogens (tertiary/aromatic N) is 3. The summed E-state index contributed by atoms with van der Waals surface area (Å²) in [6, 6.07) is 19.6. The van der Waals surface area contributed by atoms with Crippen LogP contribution < -0.4 is 0 Å². The molecule has 0 unspecified atom stereocenters. The van der Waals surface area contributed by atoms with E-state index in [0.717, 1.165) is 16.7 Å². The standard InChI is InChI=1S/C33H35F4N3O4/c1-32(2,3)44-31(43)40(16-15-23-9-11-25(12-10-23)24-7-5-4-6-8-24)22-29(41)38-17-19-39(20-18-38)30(42)27-21-26(34)13-14-28(27)33(35,36)37/h4-14,21H,15-20,22H2,1-3H3. The zero-order valence-electron chi connectivity index (χ0n) is 24.9. The number of alkyl halides is 3. The zero-order valence-corrected chi connectivity index (χ0v) is 24.9. The first-order valence-corrected chi connectivity index (χ1v) is 14.3. The lowest BCUT2D eigenvalue weighted by Gasteiger charge is -2.36. The highest BCUT2D eigenvalue weighted by Crippen LogP contribution is 2.33. The van der Waals surface area contributed by atoms with Gasteiger partial charge in [-0.25, -0.2) is 9.18 Å². The molecule has 1 fully saturated rings. The van der Waals surface area contributed by atoms with Crippen LogP contribution >= 0.6 is 0 Å². The van der Waals surface area contributed by atoms with E-state index in [0.29, 0.717) is 24.6 Å². The third kappa shape index (κ3) is 8.58. The van der Waals surface area contributed by atoms with Gasteiger partial charge in [0.15, 0.2) is 0 Å². The molecule has 1 saturated heterocycles. The Morgan fingerprint density at radius 3 is 2.00 bits per heavy atom. The van der Waals surface area contributed by atoms with Crippen LogP contribution in [-0.4, -0.2) is 77.5 Å². The maximum Gasteiger partial charge on any atom is 0.417 e. The molecular formula is C33H35F4N3O4. The van der Waals surface area contributed by atoms with Crippen LogP contribution in [0.3, 0.4) is 0 Å². The van der Waals surface area contributed by atoms with E-state index in [1.54, 1.807) is 20.8 Å². The third-order valence-corrected chi connectivity index (χ3v) is 7.15. The van der Waals surface area contributed by atoms with Crippen molar-refractivity contribution < 1.29 is 36.7 Å². The van der Waals surface area contributed by atoms with Crippen LogP contribution in [0.25, 0.3) is 11.1 Å². The zero-order chi connectivity index (χ0) is 32.1. The molecule has 4 rings (SSSR count). The number of hydrogen-bond donors (Lipinski definition) is 0. The Morgan fingerprint density at radius 2 is 1.41 bits per heavy atom. The van der Waals surface area contributed by atoms with E-state index < -0.39 is 40.7 Å². The molecule has 1 aliphatic rings. The van der Waals surface area contributed by atoms with Crippen molar-refractivity contribution in [2.24, 2.45) is 0 Å². The molecule has 0 aliphatic carbocycles. The SMILES string of the molecule is CC(C)(C)OC(=O)N(CCc1ccc(-c2ccccc2)cc1)CC(=O)N1CCN(C(=O)c2cc(F)ccc2C(F)(F)F)CC1. The van der Waals surface area contributed by atoms with Crippen LogP contribution in [0.2, 0.25) is 0 Å². The van der Waals surface area contributed by atoms with Crippen molar-refractivity contribution in [2.75, 3.05) is 39.3 Å². The lowest BCUT2D eigenvalue weighted by atomic mass is 10.0. The number of hydrogen-bond acceptors (Lipinski definition) is 4. The van der Waals surface area contributed by atoms with Crippen LogP contribution in [0.15, 0.2) is 72.8 Å². The van der Waals surface area contributed by atoms with Gasteiger partial charge in [0, 0.05) is 32.7 Å². The molecule has 0 aromatic heterocycles. The molecule has 0 radical (unpaired) electrons. The van der Waals surface area contributed by atoms with Crippen molar-refractivity contribution in [3.8, 4) is 11.1 Å². The number of carbonyl (C=O) groups is 3. The topological polar surface area (TPSA) is 70.2 Å². The fourth-order valence-electron chi connectivity index (χ4n) is 4.85. The molecule has 3 aromatic carbocycles. The maximum absolute atomic E-state index is 13.7. The second kappa shape index (κ2) is 13.5. The van der Waals surface area contributed by atoms with Crippen molar-refractivity contribution in [1.82, 2.24) is 14.7 Å². The minimum absolute atomic E-state index is 0.0431. The number of benzene rings is 3. The highest BCUT2D eigenvalue weighted by Gasteiger charge is 2.37. The molecule has 3 aromatic rings. The molecule has 3 amide bonds. The van der Waals surface area contributed by atoms with Gasteiger partial charge >= 0.3 is 12.3 Å². The van der Waals surface area contributed by atoms with Gasteiger partial charge in [-0.1, -0.05) is 54.6 Å². The molecule has 11 heteroatoms. The molecule has 0 N–H and O–H groups in total. The molecule has 7 nitrogen and oxygen atoms in total. The van der Waals surface area contributed by atoms with Gasteiger partial charge in [0.1, 0.15) is 18.0 Å². The van der Waals surface area contributed by atoms with E-state index in [1.165, 1.54) is 14.7 Å². The van der Waals surface area contributed by atoms with E-state index in [2.05, 4.69) is 0 Å². The largest absolute Gasteiger partial charge is 0.444 e. The molecule has 234 valence electrons. The van der Waals surface area contributed by atoms with Crippen LogP contribution in [0.4, 0.5) is 22.4 Å². The van der Waals surface area contributed by atoms with Crippen molar-refractivity contribution in [3.63, 3.8) is 0 Å². The minimum atomic E-state index is -4.83. The lowest BCUT2D eigenvalue weighted by Crippen LogP contribution is -2.53. The average molecular weight is 614 g/mol. The van der Waals surface area contributed by atoms with Gasteiger partial charge in [-0.3, -0.25) is 14.5 Å². The van der Waals surface area contributed by atoms with Gasteiger partial charge in [-0.05, 0) is 62.1 Å². The molecule has 0 bridgehead atoms. The summed E-state index contributed by atoms with van der Waals surface area (Å²) in [6.07, 6.45) is -5.00. The van der Waals surface area contributed by atoms with Crippen LogP contribution in [0.5, 0.6) is 0 Å². The number of ether oxygens (including phenoxy) is 1. The quantitative estimate of drug-likeness (QED) is 0.295. The second-order valence-electron chi connectivity index (χ2n) is 11.6. The third-order valence-electron chi connectivity index (χ3n) is 7.15. The molecule has 0 atom stereocenters. The minimum Gasteiger partial charge on any atom is -0.444 e. The predicted octanol–water partition coefficient (Wildman–Crippen LogP) is 6.28. The number of halogens is 4. The Hall–Kier alpha value is -4.41. The Labute approximate surface area is 254 Å². The fraction of sp³-hybridized carbons (Fsp3) is 0.364. The molecule has 1 aliphatic heterocycles. The van der Waals surface area contributed by atoms with Gasteiger partial charge in [-0.2, -0.15) is 13.2 Å². The van der Waals surface area contributed by atoms with Crippen molar-refractivity contribution in [3.05, 3.63) is 95.3 Å². The Bertz CT molecular complexity index is 1460. The summed E-state index contributed by atoms with van der Waals surface area (Å²) < 4.78 is 59.6. The predicted molar refractivity (Wildman–Crippen MR) is 157 cm³/mol. The first kappa shape index (κ1) is 32.5. The normalized spacial score (nSPS) is 13.9. The van der Waals surface area contributed by atoms with Crippen LogP contribution in [-0.2, 0) is 22.1 Å². The highest BCUT2D eigenvalue weighted by molar-refractivity contribution is 5.96. The van der Waals surface area contributed by atoms with E-state index in [1.807, 2.05) is 54.6 Å². The van der Waals surface area contributed by atoms with E-state index in [-0.39, 0.29) is 45.2 Å².